The maximum absolute atomic E-state index is 12.9. The zero-order valence-electron chi connectivity index (χ0n) is 15.1. The Morgan fingerprint density at radius 1 is 1.04 bits per heavy atom. The third-order valence-electron chi connectivity index (χ3n) is 4.46. The van der Waals surface area contributed by atoms with Gasteiger partial charge in [-0.2, -0.15) is 4.31 Å². The molecule has 1 fully saturated rings. The van der Waals surface area contributed by atoms with Gasteiger partial charge in [0, 0.05) is 38.4 Å². The van der Waals surface area contributed by atoms with Gasteiger partial charge in [0.05, 0.1) is 0 Å². The van der Waals surface area contributed by atoms with Gasteiger partial charge in [-0.05, 0) is 25.0 Å². The van der Waals surface area contributed by atoms with E-state index in [9.17, 15) is 26.4 Å². The van der Waals surface area contributed by atoms with E-state index in [1.165, 1.54) is 41.8 Å². The number of benzene rings is 1. The number of H-pyrrole nitrogens is 1. The molecule has 28 heavy (non-hydrogen) atoms. The van der Waals surface area contributed by atoms with Gasteiger partial charge in [0.25, 0.3) is 5.56 Å². The molecule has 0 aliphatic carbocycles. The fraction of sp³-hybridized carbons (Fsp3) is 0.375. The summed E-state index contributed by atoms with van der Waals surface area (Å²) in [5.41, 5.74) is -1.33. The van der Waals surface area contributed by atoms with E-state index in [-0.39, 0.29) is 15.4 Å². The van der Waals surface area contributed by atoms with Crippen LogP contribution in [-0.2, 0) is 33.6 Å². The zero-order valence-corrected chi connectivity index (χ0v) is 16.7. The second-order valence-corrected chi connectivity index (χ2v) is 10.0. The van der Waals surface area contributed by atoms with Crippen LogP contribution < -0.4 is 16.0 Å². The smallest absolute Gasteiger partial charge is 0.303 e. The molecule has 1 saturated heterocycles. The van der Waals surface area contributed by atoms with Crippen molar-refractivity contribution in [2.45, 2.75) is 29.2 Å². The monoisotopic (exact) mass is 428 g/mol. The number of rotatable bonds is 6. The lowest BCUT2D eigenvalue weighted by molar-refractivity contribution is 0.474. The molecule has 0 atom stereocenters. The summed E-state index contributed by atoms with van der Waals surface area (Å²) in [6, 6.07) is 5.34. The van der Waals surface area contributed by atoms with Crippen LogP contribution in [0.15, 0.2) is 49.8 Å². The summed E-state index contributed by atoms with van der Waals surface area (Å²) < 4.78 is 55.9. The minimum atomic E-state index is -4.24. The third kappa shape index (κ3) is 3.94. The van der Waals surface area contributed by atoms with Crippen molar-refractivity contribution in [1.82, 2.24) is 18.6 Å². The highest BCUT2D eigenvalue weighted by Crippen LogP contribution is 2.26. The van der Waals surface area contributed by atoms with Crippen molar-refractivity contribution < 1.29 is 16.8 Å². The number of sulfonamides is 2. The van der Waals surface area contributed by atoms with E-state index >= 15 is 0 Å². The van der Waals surface area contributed by atoms with E-state index in [0.717, 1.165) is 17.4 Å². The Kier molecular flexibility index (Phi) is 5.57. The van der Waals surface area contributed by atoms with Crippen LogP contribution in [0.2, 0.25) is 0 Å². The van der Waals surface area contributed by atoms with Gasteiger partial charge in [-0.1, -0.05) is 12.1 Å². The largest absolute Gasteiger partial charge is 0.328 e. The number of hydrogen-bond acceptors (Lipinski definition) is 6. The standard InChI is InChI=1S/C16H20N4O6S2/c1-19-11-12(15(21)18-16(19)22)10-17-27(23,24)13-6-2-3-7-14(13)28(25,26)20-8-4-5-9-20/h2-3,6-7,11,17H,4-5,8-10H2,1H3,(H,18,21,22). The Labute approximate surface area is 161 Å². The summed E-state index contributed by atoms with van der Waals surface area (Å²) in [6.07, 6.45) is 2.67. The Balaban J connectivity index is 1.94. The molecule has 2 aromatic rings. The van der Waals surface area contributed by atoms with Gasteiger partial charge in [0.2, 0.25) is 20.0 Å². The van der Waals surface area contributed by atoms with Crippen molar-refractivity contribution in [3.63, 3.8) is 0 Å². The van der Waals surface area contributed by atoms with Gasteiger partial charge in [-0.25, -0.2) is 26.4 Å². The molecule has 10 nitrogen and oxygen atoms in total. The van der Waals surface area contributed by atoms with Crippen LogP contribution in [0.3, 0.4) is 0 Å². The summed E-state index contributed by atoms with van der Waals surface area (Å²) in [6.45, 7) is 0.291. The molecule has 3 rings (SSSR count). The highest BCUT2D eigenvalue weighted by Gasteiger charge is 2.32. The number of aryl methyl sites for hydroxylation is 1. The molecule has 1 aromatic carbocycles. The molecule has 0 radical (unpaired) electrons. The van der Waals surface area contributed by atoms with E-state index in [1.807, 2.05) is 0 Å². The highest BCUT2D eigenvalue weighted by molar-refractivity contribution is 7.92. The summed E-state index contributed by atoms with van der Waals surface area (Å²) in [5, 5.41) is 0. The lowest BCUT2D eigenvalue weighted by Gasteiger charge is -2.18. The van der Waals surface area contributed by atoms with Crippen LogP contribution in [0.4, 0.5) is 0 Å². The van der Waals surface area contributed by atoms with Crippen LogP contribution in [0.1, 0.15) is 18.4 Å². The molecule has 12 heteroatoms. The molecule has 2 N–H and O–H groups in total. The minimum Gasteiger partial charge on any atom is -0.303 e. The molecule has 0 unspecified atom stereocenters. The fourth-order valence-electron chi connectivity index (χ4n) is 2.95. The first-order valence-corrected chi connectivity index (χ1v) is 11.4. The molecule has 0 bridgehead atoms. The summed E-state index contributed by atoms with van der Waals surface area (Å²) >= 11 is 0. The van der Waals surface area contributed by atoms with E-state index in [2.05, 4.69) is 9.71 Å². The molecule has 1 aromatic heterocycles. The van der Waals surface area contributed by atoms with Crippen LogP contribution in [0.25, 0.3) is 0 Å². The predicted molar refractivity (Wildman–Crippen MR) is 101 cm³/mol. The average Bonchev–Trinajstić information content (AvgIpc) is 3.19. The molecule has 0 spiro atoms. The summed E-state index contributed by atoms with van der Waals surface area (Å²) in [4.78, 5) is 24.6. The molecular weight excluding hydrogens is 408 g/mol. The first-order chi connectivity index (χ1) is 13.1. The number of nitrogens with zero attached hydrogens (tertiary/aromatic N) is 2. The maximum Gasteiger partial charge on any atom is 0.328 e. The van der Waals surface area contributed by atoms with Crippen molar-refractivity contribution in [3.8, 4) is 0 Å². The van der Waals surface area contributed by atoms with Crippen LogP contribution >= 0.6 is 0 Å². The van der Waals surface area contributed by atoms with Crippen molar-refractivity contribution >= 4 is 20.0 Å². The Morgan fingerprint density at radius 3 is 2.29 bits per heavy atom. The van der Waals surface area contributed by atoms with Crippen molar-refractivity contribution in [3.05, 3.63) is 56.9 Å². The number of hydrogen-bond donors (Lipinski definition) is 2. The second kappa shape index (κ2) is 7.62. The molecular formula is C16H20N4O6S2. The van der Waals surface area contributed by atoms with Crippen molar-refractivity contribution in [1.29, 1.82) is 0 Å². The topological polar surface area (TPSA) is 138 Å². The van der Waals surface area contributed by atoms with Gasteiger partial charge in [0.1, 0.15) is 9.79 Å². The molecule has 0 saturated carbocycles. The lowest BCUT2D eigenvalue weighted by Crippen LogP contribution is -2.34. The maximum atomic E-state index is 12.9. The van der Waals surface area contributed by atoms with Crippen LogP contribution in [-0.4, -0.2) is 43.8 Å². The summed E-state index contributed by atoms with van der Waals surface area (Å²) in [7, 11) is -6.78. The van der Waals surface area contributed by atoms with E-state index in [0.29, 0.717) is 13.1 Å². The Hall–Kier alpha value is -2.28. The van der Waals surface area contributed by atoms with Gasteiger partial charge in [0.15, 0.2) is 0 Å². The Bertz CT molecular complexity index is 1210. The second-order valence-electron chi connectivity index (χ2n) is 6.41. The van der Waals surface area contributed by atoms with E-state index in [4.69, 9.17) is 0 Å². The quantitative estimate of drug-likeness (QED) is 0.626. The first kappa shape index (κ1) is 20.5. The molecule has 2 heterocycles. The lowest BCUT2D eigenvalue weighted by atomic mass is 10.3. The number of aromatic amines is 1. The Morgan fingerprint density at radius 2 is 1.64 bits per heavy atom. The van der Waals surface area contributed by atoms with E-state index < -0.39 is 37.8 Å². The highest BCUT2D eigenvalue weighted by atomic mass is 32.2. The molecule has 152 valence electrons. The fourth-order valence-corrected chi connectivity index (χ4v) is 6.27. The van der Waals surface area contributed by atoms with E-state index in [1.54, 1.807) is 0 Å². The zero-order chi connectivity index (χ0) is 20.5. The number of aromatic nitrogens is 2. The molecule has 1 aliphatic rings. The minimum absolute atomic E-state index is 0.0190. The third-order valence-corrected chi connectivity index (χ3v) is 8.00. The van der Waals surface area contributed by atoms with Crippen molar-refractivity contribution in [2.75, 3.05) is 13.1 Å². The SMILES string of the molecule is Cn1cc(CNS(=O)(=O)c2ccccc2S(=O)(=O)N2CCCC2)c(=O)[nH]c1=O. The summed E-state index contributed by atoms with van der Waals surface area (Å²) in [5.74, 6) is 0. The first-order valence-electron chi connectivity index (χ1n) is 8.50. The van der Waals surface area contributed by atoms with Gasteiger partial charge >= 0.3 is 5.69 Å². The average molecular weight is 428 g/mol. The van der Waals surface area contributed by atoms with Gasteiger partial charge in [-0.15, -0.1) is 0 Å². The van der Waals surface area contributed by atoms with Crippen LogP contribution in [0.5, 0.6) is 0 Å². The van der Waals surface area contributed by atoms with Crippen molar-refractivity contribution in [2.24, 2.45) is 7.05 Å². The molecule has 1 aliphatic heterocycles. The normalized spacial score (nSPS) is 15.8. The van der Waals surface area contributed by atoms with Gasteiger partial charge in [-0.3, -0.25) is 9.78 Å². The predicted octanol–water partition coefficient (Wildman–Crippen LogP) is -0.663. The molecule has 0 amide bonds. The number of nitrogens with one attached hydrogen (secondary N) is 2. The van der Waals surface area contributed by atoms with Gasteiger partial charge < -0.3 is 4.57 Å². The van der Waals surface area contributed by atoms with Crippen LogP contribution in [0, 0.1) is 0 Å².